The van der Waals surface area contributed by atoms with Gasteiger partial charge in [-0.15, -0.1) is 0 Å². The summed E-state index contributed by atoms with van der Waals surface area (Å²) in [5, 5.41) is 7.04. The summed E-state index contributed by atoms with van der Waals surface area (Å²) in [6.07, 6.45) is 0.976. The van der Waals surface area contributed by atoms with Crippen LogP contribution < -0.4 is 10.6 Å². The van der Waals surface area contributed by atoms with Crippen molar-refractivity contribution in [3.63, 3.8) is 0 Å². The minimum Gasteiger partial charge on any atom is -0.377 e. The van der Waals surface area contributed by atoms with Gasteiger partial charge in [-0.2, -0.15) is 0 Å². The van der Waals surface area contributed by atoms with Crippen LogP contribution in [-0.2, 0) is 18.8 Å². The van der Waals surface area contributed by atoms with E-state index in [4.69, 9.17) is 13.3 Å². The maximum Gasteiger partial charge on any atom is 0.500 e. The number of benzene rings is 1. The molecule has 0 aliphatic carbocycles. The number of hydrogen-bond acceptors (Lipinski definition) is 5. The monoisotopic (exact) mass is 340 g/mol. The molecule has 5 nitrogen and oxygen atoms in total. The van der Waals surface area contributed by atoms with Crippen molar-refractivity contribution in [2.24, 2.45) is 0 Å². The van der Waals surface area contributed by atoms with Gasteiger partial charge < -0.3 is 23.9 Å². The molecule has 0 bridgehead atoms. The summed E-state index contributed by atoms with van der Waals surface area (Å²) in [6.45, 7) is 7.19. The molecule has 0 saturated carbocycles. The Kier molecular flexibility index (Phi) is 8.97. The van der Waals surface area contributed by atoms with Crippen molar-refractivity contribution < 1.29 is 13.3 Å². The van der Waals surface area contributed by atoms with Crippen LogP contribution in [0.1, 0.15) is 25.8 Å². The average Bonchev–Trinajstić information content (AvgIpc) is 2.59. The maximum atomic E-state index is 5.41. The predicted molar refractivity (Wildman–Crippen MR) is 96.5 cm³/mol. The van der Waals surface area contributed by atoms with Gasteiger partial charge in [0, 0.05) is 46.0 Å². The Hall–Kier alpha value is -0.763. The van der Waals surface area contributed by atoms with E-state index in [0.29, 0.717) is 0 Å². The van der Waals surface area contributed by atoms with Crippen LogP contribution in [-0.4, -0.2) is 49.8 Å². The fourth-order valence-electron chi connectivity index (χ4n) is 2.53. The number of hydrogen-bond donors (Lipinski definition) is 2. The summed E-state index contributed by atoms with van der Waals surface area (Å²) in [5.74, 6) is 0. The van der Waals surface area contributed by atoms with Crippen LogP contribution in [0.3, 0.4) is 0 Å². The van der Waals surface area contributed by atoms with E-state index in [1.165, 1.54) is 5.56 Å². The molecule has 132 valence electrons. The molecular weight excluding hydrogens is 308 g/mol. The SMILES string of the molecule is CO[Si](CCCNCCNC(C)(C)c1ccccc1)(OC)OC. The summed E-state index contributed by atoms with van der Waals surface area (Å²) in [5.41, 5.74) is 1.28. The Bertz CT molecular complexity index is 417. The molecule has 0 aliphatic rings. The van der Waals surface area contributed by atoms with Crippen molar-refractivity contribution in [1.29, 1.82) is 0 Å². The molecule has 2 N–H and O–H groups in total. The van der Waals surface area contributed by atoms with Crippen LogP contribution in [0.2, 0.25) is 6.04 Å². The molecule has 0 atom stereocenters. The third-order valence-corrected chi connectivity index (χ3v) is 6.97. The van der Waals surface area contributed by atoms with E-state index in [0.717, 1.165) is 32.1 Å². The second-order valence-corrected chi connectivity index (χ2v) is 9.16. The summed E-state index contributed by atoms with van der Waals surface area (Å²) in [6, 6.07) is 11.3. The lowest BCUT2D eigenvalue weighted by Gasteiger charge is -2.27. The minimum absolute atomic E-state index is 0.0207. The molecule has 0 unspecified atom stereocenters. The second-order valence-electron chi connectivity index (χ2n) is 6.07. The molecule has 23 heavy (non-hydrogen) atoms. The quantitative estimate of drug-likeness (QED) is 0.452. The molecule has 0 aliphatic heterocycles. The minimum atomic E-state index is -2.42. The molecule has 0 spiro atoms. The Morgan fingerprint density at radius 3 is 2.09 bits per heavy atom. The third-order valence-electron chi connectivity index (χ3n) is 4.13. The highest BCUT2D eigenvalue weighted by Gasteiger charge is 2.36. The smallest absolute Gasteiger partial charge is 0.377 e. The Morgan fingerprint density at radius 1 is 0.913 bits per heavy atom. The van der Waals surface area contributed by atoms with Gasteiger partial charge in [-0.3, -0.25) is 0 Å². The summed E-state index contributed by atoms with van der Waals surface area (Å²) in [7, 11) is 2.55. The van der Waals surface area contributed by atoms with E-state index >= 15 is 0 Å². The van der Waals surface area contributed by atoms with Crippen LogP contribution in [0.25, 0.3) is 0 Å². The molecule has 0 heterocycles. The van der Waals surface area contributed by atoms with Gasteiger partial charge >= 0.3 is 8.80 Å². The van der Waals surface area contributed by atoms with Crippen LogP contribution in [0, 0.1) is 0 Å². The first kappa shape index (κ1) is 20.3. The predicted octanol–water partition coefficient (Wildman–Crippen LogP) is 2.37. The van der Waals surface area contributed by atoms with Crippen LogP contribution in [0.4, 0.5) is 0 Å². The molecule has 1 aromatic carbocycles. The zero-order valence-electron chi connectivity index (χ0n) is 15.1. The van der Waals surface area contributed by atoms with Crippen molar-refractivity contribution in [2.75, 3.05) is 41.0 Å². The van der Waals surface area contributed by atoms with Gasteiger partial charge in [-0.25, -0.2) is 0 Å². The van der Waals surface area contributed by atoms with Crippen LogP contribution in [0.15, 0.2) is 30.3 Å². The molecule has 1 aromatic rings. The van der Waals surface area contributed by atoms with Crippen LogP contribution in [0.5, 0.6) is 0 Å². The lowest BCUT2D eigenvalue weighted by Crippen LogP contribution is -2.43. The van der Waals surface area contributed by atoms with E-state index in [1.54, 1.807) is 21.3 Å². The van der Waals surface area contributed by atoms with Crippen molar-refractivity contribution in [3.05, 3.63) is 35.9 Å². The van der Waals surface area contributed by atoms with Gasteiger partial charge in [0.2, 0.25) is 0 Å². The van der Waals surface area contributed by atoms with Gasteiger partial charge in [-0.1, -0.05) is 30.3 Å². The molecule has 0 fully saturated rings. The first-order valence-electron chi connectivity index (χ1n) is 8.16. The Balaban J connectivity index is 2.18. The van der Waals surface area contributed by atoms with Gasteiger partial charge in [-0.05, 0) is 32.4 Å². The van der Waals surface area contributed by atoms with E-state index in [9.17, 15) is 0 Å². The summed E-state index contributed by atoms with van der Waals surface area (Å²) in [4.78, 5) is 0. The largest absolute Gasteiger partial charge is 0.500 e. The van der Waals surface area contributed by atoms with Crippen molar-refractivity contribution >= 4 is 8.80 Å². The molecule has 1 rings (SSSR count). The lowest BCUT2D eigenvalue weighted by atomic mass is 9.94. The van der Waals surface area contributed by atoms with E-state index in [2.05, 4.69) is 48.7 Å². The molecule has 0 amide bonds. The average molecular weight is 341 g/mol. The van der Waals surface area contributed by atoms with Crippen LogP contribution >= 0.6 is 0 Å². The summed E-state index contributed by atoms with van der Waals surface area (Å²) >= 11 is 0. The van der Waals surface area contributed by atoms with E-state index < -0.39 is 8.80 Å². The molecule has 0 radical (unpaired) electrons. The highest BCUT2D eigenvalue weighted by atomic mass is 28.4. The topological polar surface area (TPSA) is 51.8 Å². The van der Waals surface area contributed by atoms with Gasteiger partial charge in [0.05, 0.1) is 0 Å². The highest BCUT2D eigenvalue weighted by Crippen LogP contribution is 2.18. The molecule has 0 aromatic heterocycles. The lowest BCUT2D eigenvalue weighted by molar-refractivity contribution is 0.123. The molecule has 0 saturated heterocycles. The fraction of sp³-hybridized carbons (Fsp3) is 0.647. The van der Waals surface area contributed by atoms with Gasteiger partial charge in [0.15, 0.2) is 0 Å². The molecular formula is C17H32N2O3Si. The number of nitrogens with one attached hydrogen (secondary N) is 2. The zero-order chi connectivity index (χ0) is 17.2. The highest BCUT2D eigenvalue weighted by molar-refractivity contribution is 6.60. The van der Waals surface area contributed by atoms with Gasteiger partial charge in [0.25, 0.3) is 0 Å². The van der Waals surface area contributed by atoms with Gasteiger partial charge in [0.1, 0.15) is 0 Å². The maximum absolute atomic E-state index is 5.41. The third kappa shape index (κ3) is 6.70. The zero-order valence-corrected chi connectivity index (χ0v) is 16.1. The summed E-state index contributed by atoms with van der Waals surface area (Å²) < 4.78 is 16.2. The first-order chi connectivity index (χ1) is 11.0. The standard InChI is InChI=1S/C17H32N2O3Si/c1-17(2,16-10-7-6-8-11-16)19-14-13-18-12-9-15-23(20-3,21-4)22-5/h6-8,10-11,18-19H,9,12-15H2,1-5H3. The second kappa shape index (κ2) is 10.2. The fourth-order valence-corrected chi connectivity index (χ4v) is 4.25. The van der Waals surface area contributed by atoms with Crippen molar-refractivity contribution in [3.8, 4) is 0 Å². The Labute approximate surface area is 142 Å². The number of rotatable bonds is 12. The van der Waals surface area contributed by atoms with E-state index in [1.807, 2.05) is 6.07 Å². The first-order valence-corrected chi connectivity index (χ1v) is 10.1. The molecule has 6 heteroatoms. The van der Waals surface area contributed by atoms with Crippen molar-refractivity contribution in [1.82, 2.24) is 10.6 Å². The Morgan fingerprint density at radius 2 is 1.52 bits per heavy atom. The van der Waals surface area contributed by atoms with E-state index in [-0.39, 0.29) is 5.54 Å². The van der Waals surface area contributed by atoms with Crippen molar-refractivity contribution in [2.45, 2.75) is 31.9 Å². The normalized spacial score (nSPS) is 12.6.